The van der Waals surface area contributed by atoms with Crippen LogP contribution in [0.4, 0.5) is 8.78 Å². The Balaban J connectivity index is 1.71. The highest BCUT2D eigenvalue weighted by atomic mass is 19.1. The van der Waals surface area contributed by atoms with Gasteiger partial charge < -0.3 is 10.2 Å². The largest absolute Gasteiger partial charge is 0.310 e. The van der Waals surface area contributed by atoms with Gasteiger partial charge in [0.05, 0.1) is 0 Å². The molecule has 2 nitrogen and oxygen atoms in total. The molecule has 0 bridgehead atoms. The van der Waals surface area contributed by atoms with Gasteiger partial charge in [0.25, 0.3) is 0 Å². The van der Waals surface area contributed by atoms with Crippen LogP contribution in [0.5, 0.6) is 0 Å². The number of benzene rings is 1. The second-order valence-corrected chi connectivity index (χ2v) is 5.60. The molecular weight excluding hydrogens is 258 g/mol. The maximum atomic E-state index is 13.6. The quantitative estimate of drug-likeness (QED) is 0.803. The summed E-state index contributed by atoms with van der Waals surface area (Å²) in [6.07, 6.45) is 5.00. The van der Waals surface area contributed by atoms with Gasteiger partial charge in [-0.15, -0.1) is 0 Å². The topological polar surface area (TPSA) is 15.3 Å². The fourth-order valence-corrected chi connectivity index (χ4v) is 2.76. The average Bonchev–Trinajstić information content (AvgIpc) is 2.47. The molecule has 1 unspecified atom stereocenters. The van der Waals surface area contributed by atoms with E-state index in [-0.39, 0.29) is 17.7 Å². The highest BCUT2D eigenvalue weighted by Gasteiger charge is 2.12. The van der Waals surface area contributed by atoms with Crippen molar-refractivity contribution in [2.24, 2.45) is 0 Å². The molecule has 0 spiro atoms. The lowest BCUT2D eigenvalue weighted by molar-refractivity contribution is 0.225. The molecule has 1 atom stereocenters. The molecule has 112 valence electrons. The van der Waals surface area contributed by atoms with Gasteiger partial charge in [0.1, 0.15) is 11.6 Å². The highest BCUT2D eigenvalue weighted by Crippen LogP contribution is 2.18. The Morgan fingerprint density at radius 2 is 1.95 bits per heavy atom. The fourth-order valence-electron chi connectivity index (χ4n) is 2.76. The molecule has 1 N–H and O–H groups in total. The molecule has 0 aliphatic carbocycles. The van der Waals surface area contributed by atoms with E-state index in [9.17, 15) is 8.78 Å². The molecule has 20 heavy (non-hydrogen) atoms. The molecule has 0 radical (unpaired) electrons. The lowest BCUT2D eigenvalue weighted by atomic mass is 10.1. The number of halogens is 2. The summed E-state index contributed by atoms with van der Waals surface area (Å²) in [6, 6.07) is 3.46. The standard InChI is InChI=1S/C16H24F2N2/c1-13(15-12-14(17)6-7-16(15)18)19-8-5-11-20-9-3-2-4-10-20/h6-7,12-13,19H,2-5,8-11H2,1H3. The third-order valence-electron chi connectivity index (χ3n) is 3.97. The summed E-state index contributed by atoms with van der Waals surface area (Å²) in [7, 11) is 0. The van der Waals surface area contributed by atoms with Gasteiger partial charge in [-0.25, -0.2) is 8.78 Å². The fraction of sp³-hybridized carbons (Fsp3) is 0.625. The van der Waals surface area contributed by atoms with Crippen molar-refractivity contribution in [3.8, 4) is 0 Å². The first kappa shape index (κ1) is 15.4. The molecule has 0 saturated carbocycles. The highest BCUT2D eigenvalue weighted by molar-refractivity contribution is 5.21. The van der Waals surface area contributed by atoms with Crippen LogP contribution in [0.2, 0.25) is 0 Å². The van der Waals surface area contributed by atoms with Gasteiger partial charge >= 0.3 is 0 Å². The van der Waals surface area contributed by atoms with Crippen molar-refractivity contribution >= 4 is 0 Å². The zero-order valence-electron chi connectivity index (χ0n) is 12.2. The smallest absolute Gasteiger partial charge is 0.128 e. The van der Waals surface area contributed by atoms with Gasteiger partial charge in [-0.1, -0.05) is 6.42 Å². The summed E-state index contributed by atoms with van der Waals surface area (Å²) in [5, 5.41) is 3.27. The summed E-state index contributed by atoms with van der Waals surface area (Å²) in [5.74, 6) is -0.731. The summed E-state index contributed by atoms with van der Waals surface area (Å²) in [6.45, 7) is 6.19. The minimum Gasteiger partial charge on any atom is -0.310 e. The first-order valence-electron chi connectivity index (χ1n) is 7.57. The molecule has 1 heterocycles. The number of likely N-dealkylation sites (tertiary alicyclic amines) is 1. The summed E-state index contributed by atoms with van der Waals surface area (Å²) < 4.78 is 26.7. The predicted octanol–water partition coefficient (Wildman–Crippen LogP) is 3.49. The van der Waals surface area contributed by atoms with Crippen LogP contribution in [0.3, 0.4) is 0 Å². The molecule has 4 heteroatoms. The van der Waals surface area contributed by atoms with E-state index in [0.29, 0.717) is 5.56 Å². The maximum Gasteiger partial charge on any atom is 0.128 e. The second-order valence-electron chi connectivity index (χ2n) is 5.60. The van der Waals surface area contributed by atoms with Crippen molar-refractivity contribution in [2.45, 2.75) is 38.6 Å². The van der Waals surface area contributed by atoms with E-state index in [2.05, 4.69) is 10.2 Å². The van der Waals surface area contributed by atoms with Crippen molar-refractivity contribution < 1.29 is 8.78 Å². The van der Waals surface area contributed by atoms with E-state index in [1.54, 1.807) is 0 Å². The van der Waals surface area contributed by atoms with Crippen molar-refractivity contribution in [3.63, 3.8) is 0 Å². The van der Waals surface area contributed by atoms with Crippen molar-refractivity contribution in [1.29, 1.82) is 0 Å². The Morgan fingerprint density at radius 1 is 1.20 bits per heavy atom. The van der Waals surface area contributed by atoms with Gasteiger partial charge in [-0.3, -0.25) is 0 Å². The van der Waals surface area contributed by atoms with Gasteiger partial charge in [0.15, 0.2) is 0 Å². The lowest BCUT2D eigenvalue weighted by Gasteiger charge is -2.26. The Kier molecular flexibility index (Phi) is 5.92. The predicted molar refractivity (Wildman–Crippen MR) is 77.7 cm³/mol. The maximum absolute atomic E-state index is 13.6. The van der Waals surface area contributed by atoms with E-state index in [0.717, 1.165) is 25.6 Å². The van der Waals surface area contributed by atoms with Crippen LogP contribution in [0.15, 0.2) is 18.2 Å². The van der Waals surface area contributed by atoms with Crippen molar-refractivity contribution in [1.82, 2.24) is 10.2 Å². The molecular formula is C16H24F2N2. The summed E-state index contributed by atoms with van der Waals surface area (Å²) >= 11 is 0. The van der Waals surface area contributed by atoms with E-state index < -0.39 is 0 Å². The number of piperidine rings is 1. The molecule has 1 aliphatic rings. The molecule has 1 aromatic carbocycles. The Hall–Kier alpha value is -1.00. The molecule has 0 aromatic heterocycles. The molecule has 2 rings (SSSR count). The number of hydrogen-bond acceptors (Lipinski definition) is 2. The minimum atomic E-state index is -0.386. The van der Waals surface area contributed by atoms with E-state index in [4.69, 9.17) is 0 Å². The minimum absolute atomic E-state index is 0.160. The van der Waals surface area contributed by atoms with Crippen LogP contribution in [-0.4, -0.2) is 31.1 Å². The Labute approximate surface area is 120 Å². The third kappa shape index (κ3) is 4.53. The van der Waals surface area contributed by atoms with E-state index in [1.807, 2.05) is 6.92 Å². The Morgan fingerprint density at radius 3 is 2.70 bits per heavy atom. The second kappa shape index (κ2) is 7.70. The molecule has 1 fully saturated rings. The van der Waals surface area contributed by atoms with Gasteiger partial charge in [-0.2, -0.15) is 0 Å². The lowest BCUT2D eigenvalue weighted by Crippen LogP contribution is -2.32. The van der Waals surface area contributed by atoms with Crippen molar-refractivity contribution in [3.05, 3.63) is 35.4 Å². The van der Waals surface area contributed by atoms with Crippen LogP contribution >= 0.6 is 0 Å². The molecule has 0 amide bonds. The monoisotopic (exact) mass is 282 g/mol. The summed E-state index contributed by atoms with van der Waals surface area (Å²) in [4.78, 5) is 2.48. The van der Waals surface area contributed by atoms with Crippen LogP contribution in [-0.2, 0) is 0 Å². The number of hydrogen-bond donors (Lipinski definition) is 1. The first-order chi connectivity index (χ1) is 9.66. The Bertz CT molecular complexity index is 417. The zero-order valence-corrected chi connectivity index (χ0v) is 12.2. The molecule has 1 saturated heterocycles. The first-order valence-corrected chi connectivity index (χ1v) is 7.57. The van der Waals surface area contributed by atoms with Crippen LogP contribution in [0, 0.1) is 11.6 Å². The van der Waals surface area contributed by atoms with Crippen LogP contribution in [0.1, 0.15) is 44.2 Å². The molecule has 1 aromatic rings. The summed E-state index contributed by atoms with van der Waals surface area (Å²) in [5.41, 5.74) is 0.406. The van der Waals surface area contributed by atoms with Crippen LogP contribution < -0.4 is 5.32 Å². The van der Waals surface area contributed by atoms with Gasteiger partial charge in [0.2, 0.25) is 0 Å². The van der Waals surface area contributed by atoms with Crippen molar-refractivity contribution in [2.75, 3.05) is 26.2 Å². The van der Waals surface area contributed by atoms with Gasteiger partial charge in [-0.05, 0) is 70.6 Å². The van der Waals surface area contributed by atoms with Gasteiger partial charge in [0, 0.05) is 11.6 Å². The zero-order chi connectivity index (χ0) is 14.4. The SMILES string of the molecule is CC(NCCCN1CCCCC1)c1cc(F)ccc1F. The number of rotatable bonds is 6. The molecule has 1 aliphatic heterocycles. The van der Waals surface area contributed by atoms with Crippen LogP contribution in [0.25, 0.3) is 0 Å². The third-order valence-corrected chi connectivity index (χ3v) is 3.97. The number of nitrogens with one attached hydrogen (secondary N) is 1. The van der Waals surface area contributed by atoms with E-state index >= 15 is 0 Å². The van der Waals surface area contributed by atoms with E-state index in [1.165, 1.54) is 44.5 Å². The average molecular weight is 282 g/mol. The number of nitrogens with zero attached hydrogens (tertiary/aromatic N) is 1. The normalized spacial score (nSPS) is 18.1.